The highest BCUT2D eigenvalue weighted by molar-refractivity contribution is 6.30. The van der Waals surface area contributed by atoms with Crippen molar-refractivity contribution in [2.24, 2.45) is 5.41 Å². The van der Waals surface area contributed by atoms with Gasteiger partial charge >= 0.3 is 12.1 Å². The average molecular weight is 573 g/mol. The molecule has 0 aliphatic carbocycles. The van der Waals surface area contributed by atoms with Gasteiger partial charge in [0.15, 0.2) is 0 Å². The Morgan fingerprint density at radius 1 is 1.13 bits per heavy atom. The molecule has 1 heterocycles. The van der Waals surface area contributed by atoms with Crippen molar-refractivity contribution in [3.63, 3.8) is 0 Å². The van der Waals surface area contributed by atoms with Crippen molar-refractivity contribution in [1.29, 1.82) is 0 Å². The molecule has 0 spiro atoms. The van der Waals surface area contributed by atoms with Crippen molar-refractivity contribution in [3.05, 3.63) is 69.7 Å². The van der Waals surface area contributed by atoms with Crippen molar-refractivity contribution < 1.29 is 27.9 Å². The van der Waals surface area contributed by atoms with E-state index >= 15 is 0 Å². The van der Waals surface area contributed by atoms with Gasteiger partial charge < -0.3 is 10.0 Å². The van der Waals surface area contributed by atoms with Gasteiger partial charge in [-0.25, -0.2) is 0 Å². The van der Waals surface area contributed by atoms with Crippen molar-refractivity contribution in [1.82, 2.24) is 9.80 Å². The standard InChI is InChI=1S/C28H33Cl2F3N2O3/c1-4-22(16-34(5-2)17-28(31,32)33)35-25(18-9-11-20(29)12-10-18)23(19-7-6-8-21(30)13-19)14-27(3,26(35)38)15-24(36)37/h6-13,22-23,25H,4-5,14-17H2,1-3H3,(H,36,37)/t22-,23+,25+,27+/m0/s1. The summed E-state index contributed by atoms with van der Waals surface area (Å²) >= 11 is 12.5. The third-order valence-corrected chi connectivity index (χ3v) is 7.80. The summed E-state index contributed by atoms with van der Waals surface area (Å²) < 4.78 is 40.0. The maximum atomic E-state index is 14.2. The predicted molar refractivity (Wildman–Crippen MR) is 142 cm³/mol. The van der Waals surface area contributed by atoms with E-state index in [0.717, 1.165) is 11.1 Å². The topological polar surface area (TPSA) is 60.9 Å². The van der Waals surface area contributed by atoms with E-state index in [1.54, 1.807) is 49.1 Å². The Morgan fingerprint density at radius 3 is 2.32 bits per heavy atom. The highest BCUT2D eigenvalue weighted by atomic mass is 35.5. The Balaban J connectivity index is 2.19. The van der Waals surface area contributed by atoms with Gasteiger partial charge in [0.25, 0.3) is 0 Å². The molecule has 1 N–H and O–H groups in total. The Kier molecular flexibility index (Phi) is 9.76. The number of piperidine rings is 1. The number of hydrogen-bond donors (Lipinski definition) is 1. The molecule has 208 valence electrons. The van der Waals surface area contributed by atoms with E-state index in [2.05, 4.69) is 0 Å². The molecule has 2 aromatic rings. The third kappa shape index (κ3) is 7.21. The number of benzene rings is 2. The van der Waals surface area contributed by atoms with Crippen LogP contribution in [0.25, 0.3) is 0 Å². The number of carbonyl (C=O) groups is 2. The molecular weight excluding hydrogens is 540 g/mol. The molecule has 0 radical (unpaired) electrons. The SMILES string of the molecule is CC[C@@H](CN(CC)CC(F)(F)F)N1C(=O)[C@@](C)(CC(=O)O)C[C@H](c2cccc(Cl)c2)[C@H]1c1ccc(Cl)cc1. The molecule has 2 aromatic carbocycles. The van der Waals surface area contributed by atoms with Crippen molar-refractivity contribution in [2.45, 2.75) is 64.2 Å². The summed E-state index contributed by atoms with van der Waals surface area (Å²) in [5.74, 6) is -1.85. The van der Waals surface area contributed by atoms with Crippen LogP contribution in [0.5, 0.6) is 0 Å². The van der Waals surface area contributed by atoms with E-state index in [9.17, 15) is 27.9 Å². The van der Waals surface area contributed by atoms with E-state index < -0.39 is 42.6 Å². The van der Waals surface area contributed by atoms with E-state index in [1.807, 2.05) is 25.1 Å². The zero-order valence-electron chi connectivity index (χ0n) is 21.6. The van der Waals surface area contributed by atoms with Gasteiger partial charge in [-0.3, -0.25) is 14.5 Å². The lowest BCUT2D eigenvalue weighted by Crippen LogP contribution is -2.58. The number of alkyl halides is 3. The van der Waals surface area contributed by atoms with E-state index in [0.29, 0.717) is 16.5 Å². The Hall–Kier alpha value is -2.29. The summed E-state index contributed by atoms with van der Waals surface area (Å²) in [6.07, 6.45) is -4.17. The maximum Gasteiger partial charge on any atom is 0.401 e. The Bertz CT molecular complexity index is 1130. The summed E-state index contributed by atoms with van der Waals surface area (Å²) in [4.78, 5) is 29.0. The van der Waals surface area contributed by atoms with Gasteiger partial charge in [-0.15, -0.1) is 0 Å². The van der Waals surface area contributed by atoms with Crippen molar-refractivity contribution in [2.75, 3.05) is 19.6 Å². The van der Waals surface area contributed by atoms with Crippen LogP contribution in [0.1, 0.15) is 63.1 Å². The zero-order chi connectivity index (χ0) is 28.3. The summed E-state index contributed by atoms with van der Waals surface area (Å²) in [7, 11) is 0. The number of carboxylic acids is 1. The summed E-state index contributed by atoms with van der Waals surface area (Å²) in [5, 5.41) is 10.7. The lowest BCUT2D eigenvalue weighted by Gasteiger charge is -2.52. The molecule has 4 atom stereocenters. The Labute approximate surface area is 231 Å². The highest BCUT2D eigenvalue weighted by Crippen LogP contribution is 2.52. The first kappa shape index (κ1) is 30.3. The molecule has 1 fully saturated rings. The number of likely N-dealkylation sites (tertiary alicyclic amines) is 1. The van der Waals surface area contributed by atoms with Crippen LogP contribution in [-0.4, -0.2) is 58.6 Å². The molecule has 0 aromatic heterocycles. The molecule has 0 saturated carbocycles. The fraction of sp³-hybridized carbons (Fsp3) is 0.500. The molecule has 1 aliphatic heterocycles. The van der Waals surface area contributed by atoms with E-state index in [4.69, 9.17) is 23.2 Å². The van der Waals surface area contributed by atoms with Crippen LogP contribution >= 0.6 is 23.2 Å². The first-order valence-corrected chi connectivity index (χ1v) is 13.4. The molecular formula is C28H33Cl2F3N2O3. The predicted octanol–water partition coefficient (Wildman–Crippen LogP) is 7.19. The first-order valence-electron chi connectivity index (χ1n) is 12.6. The number of aliphatic carboxylic acids is 1. The molecule has 1 saturated heterocycles. The van der Waals surface area contributed by atoms with Gasteiger partial charge in [-0.05, 0) is 54.8 Å². The lowest BCUT2D eigenvalue weighted by molar-refractivity contribution is -0.163. The monoisotopic (exact) mass is 572 g/mol. The molecule has 38 heavy (non-hydrogen) atoms. The quantitative estimate of drug-likeness (QED) is 0.327. The second-order valence-corrected chi connectivity index (χ2v) is 11.1. The largest absolute Gasteiger partial charge is 0.481 e. The van der Waals surface area contributed by atoms with Gasteiger partial charge in [0, 0.05) is 28.5 Å². The van der Waals surface area contributed by atoms with Crippen LogP contribution < -0.4 is 0 Å². The lowest BCUT2D eigenvalue weighted by atomic mass is 9.67. The van der Waals surface area contributed by atoms with E-state index in [-0.39, 0.29) is 31.3 Å². The smallest absolute Gasteiger partial charge is 0.401 e. The number of hydrogen-bond acceptors (Lipinski definition) is 3. The number of likely N-dealkylation sites (N-methyl/N-ethyl adjacent to an activating group) is 1. The number of carbonyl (C=O) groups excluding carboxylic acids is 1. The second-order valence-electron chi connectivity index (χ2n) is 10.2. The second kappa shape index (κ2) is 12.3. The fourth-order valence-electron chi connectivity index (χ4n) is 5.55. The molecule has 5 nitrogen and oxygen atoms in total. The molecule has 10 heteroatoms. The summed E-state index contributed by atoms with van der Waals surface area (Å²) in [5.41, 5.74) is 0.322. The maximum absolute atomic E-state index is 14.2. The van der Waals surface area contributed by atoms with Crippen LogP contribution in [0.4, 0.5) is 13.2 Å². The molecule has 1 aliphatic rings. The number of nitrogens with zero attached hydrogens (tertiary/aromatic N) is 2. The van der Waals surface area contributed by atoms with Crippen LogP contribution in [0, 0.1) is 5.41 Å². The van der Waals surface area contributed by atoms with Crippen LogP contribution in [0.15, 0.2) is 48.5 Å². The van der Waals surface area contributed by atoms with Gasteiger partial charge in [0.05, 0.1) is 24.4 Å². The normalized spacial score (nSPS) is 23.1. The van der Waals surface area contributed by atoms with Crippen LogP contribution in [0.3, 0.4) is 0 Å². The van der Waals surface area contributed by atoms with Gasteiger partial charge in [0.2, 0.25) is 5.91 Å². The van der Waals surface area contributed by atoms with Gasteiger partial charge in [-0.1, -0.05) is 68.2 Å². The Morgan fingerprint density at radius 2 is 1.79 bits per heavy atom. The van der Waals surface area contributed by atoms with Gasteiger partial charge in [-0.2, -0.15) is 13.2 Å². The van der Waals surface area contributed by atoms with Gasteiger partial charge in [0.1, 0.15) is 0 Å². The molecule has 3 rings (SSSR count). The molecule has 0 bridgehead atoms. The number of amides is 1. The minimum Gasteiger partial charge on any atom is -0.481 e. The van der Waals surface area contributed by atoms with Crippen molar-refractivity contribution >= 4 is 35.1 Å². The van der Waals surface area contributed by atoms with Crippen LogP contribution in [-0.2, 0) is 9.59 Å². The van der Waals surface area contributed by atoms with E-state index in [1.165, 1.54) is 4.90 Å². The zero-order valence-corrected chi connectivity index (χ0v) is 23.2. The average Bonchev–Trinajstić information content (AvgIpc) is 2.83. The molecule has 0 unspecified atom stereocenters. The summed E-state index contributed by atoms with van der Waals surface area (Å²) in [6.45, 7) is 4.15. The minimum absolute atomic E-state index is 0.00619. The number of carboxylic acid groups (broad SMARTS) is 1. The number of halogens is 5. The first-order chi connectivity index (χ1) is 17.8. The minimum atomic E-state index is -4.39. The fourth-order valence-corrected chi connectivity index (χ4v) is 5.88. The third-order valence-electron chi connectivity index (χ3n) is 7.32. The molecule has 1 amide bonds. The van der Waals surface area contributed by atoms with Crippen LogP contribution in [0.2, 0.25) is 10.0 Å². The van der Waals surface area contributed by atoms with Crippen molar-refractivity contribution in [3.8, 4) is 0 Å². The number of rotatable bonds is 10. The summed E-state index contributed by atoms with van der Waals surface area (Å²) in [6, 6.07) is 13.1. The highest BCUT2D eigenvalue weighted by Gasteiger charge is 2.52.